The van der Waals surface area contributed by atoms with Crippen LogP contribution in [-0.4, -0.2) is 65.3 Å². The minimum atomic E-state index is 0.0257. The number of carbonyl (C=O) groups excluding carboxylic acids is 1. The summed E-state index contributed by atoms with van der Waals surface area (Å²) in [7, 11) is 5.14. The molecule has 2 aromatic rings. The Balaban J connectivity index is 1.60. The number of piperazine rings is 1. The van der Waals surface area contributed by atoms with E-state index < -0.39 is 0 Å². The average molecular weight is 357 g/mol. The number of aromatic nitrogens is 3. The van der Waals surface area contributed by atoms with Gasteiger partial charge in [-0.2, -0.15) is 5.10 Å². The lowest BCUT2D eigenvalue weighted by molar-refractivity contribution is -0.120. The minimum absolute atomic E-state index is 0.0257. The SMILES string of the molecule is CN=C(NCc1ccnc(OC)c1)N1CCN(c2cnn(C)c2)C(=O)C1. The van der Waals surface area contributed by atoms with Gasteiger partial charge >= 0.3 is 0 Å². The summed E-state index contributed by atoms with van der Waals surface area (Å²) in [5.41, 5.74) is 1.85. The molecule has 0 atom stereocenters. The number of aliphatic imine (C=N–C) groups is 1. The molecule has 1 amide bonds. The maximum absolute atomic E-state index is 12.5. The van der Waals surface area contributed by atoms with Crippen molar-refractivity contribution in [2.45, 2.75) is 6.54 Å². The van der Waals surface area contributed by atoms with Crippen LogP contribution < -0.4 is 15.0 Å². The number of hydrogen-bond acceptors (Lipinski definition) is 5. The predicted molar refractivity (Wildman–Crippen MR) is 98.1 cm³/mol. The lowest BCUT2D eigenvalue weighted by Crippen LogP contribution is -2.55. The van der Waals surface area contributed by atoms with Crippen LogP contribution in [0.25, 0.3) is 0 Å². The second kappa shape index (κ2) is 7.85. The summed E-state index contributed by atoms with van der Waals surface area (Å²) in [5.74, 6) is 1.29. The molecule has 26 heavy (non-hydrogen) atoms. The molecule has 2 aromatic heterocycles. The van der Waals surface area contributed by atoms with Gasteiger partial charge in [-0.25, -0.2) is 4.98 Å². The highest BCUT2D eigenvalue weighted by Crippen LogP contribution is 2.16. The van der Waals surface area contributed by atoms with Gasteiger partial charge in [0.25, 0.3) is 0 Å². The Morgan fingerprint density at radius 3 is 2.92 bits per heavy atom. The van der Waals surface area contributed by atoms with Crippen LogP contribution in [0.3, 0.4) is 0 Å². The summed E-state index contributed by atoms with van der Waals surface area (Å²) < 4.78 is 6.83. The largest absolute Gasteiger partial charge is 0.481 e. The maximum Gasteiger partial charge on any atom is 0.246 e. The fourth-order valence-electron chi connectivity index (χ4n) is 2.86. The van der Waals surface area contributed by atoms with E-state index in [1.165, 1.54) is 0 Å². The Bertz CT molecular complexity index is 802. The zero-order valence-corrected chi connectivity index (χ0v) is 15.2. The van der Waals surface area contributed by atoms with E-state index in [2.05, 4.69) is 20.4 Å². The number of amides is 1. The summed E-state index contributed by atoms with van der Waals surface area (Å²) in [4.78, 5) is 24.6. The van der Waals surface area contributed by atoms with Crippen LogP contribution >= 0.6 is 0 Å². The fraction of sp³-hybridized carbons (Fsp3) is 0.412. The molecule has 3 rings (SSSR count). The molecule has 0 aliphatic carbocycles. The van der Waals surface area contributed by atoms with E-state index in [1.807, 2.05) is 30.3 Å². The Hall–Kier alpha value is -3.10. The molecule has 1 aliphatic heterocycles. The van der Waals surface area contributed by atoms with E-state index in [0.29, 0.717) is 31.5 Å². The van der Waals surface area contributed by atoms with Crippen LogP contribution in [0.15, 0.2) is 35.7 Å². The summed E-state index contributed by atoms with van der Waals surface area (Å²) in [6, 6.07) is 3.78. The second-order valence-corrected chi connectivity index (χ2v) is 5.95. The zero-order valence-electron chi connectivity index (χ0n) is 15.2. The van der Waals surface area contributed by atoms with Gasteiger partial charge in [-0.15, -0.1) is 0 Å². The van der Waals surface area contributed by atoms with Crippen LogP contribution in [0.5, 0.6) is 5.88 Å². The van der Waals surface area contributed by atoms with Gasteiger partial charge in [0.05, 0.1) is 19.0 Å². The van der Waals surface area contributed by atoms with Crippen molar-refractivity contribution < 1.29 is 9.53 Å². The van der Waals surface area contributed by atoms with E-state index in [1.54, 1.807) is 36.1 Å². The standard InChI is InChI=1S/C17H23N7O2/c1-18-17(20-9-13-4-5-19-15(8-13)26-3)23-6-7-24(16(25)12-23)14-10-21-22(2)11-14/h4-5,8,10-11H,6-7,9,12H2,1-3H3,(H,18,20). The number of rotatable bonds is 4. The number of carbonyl (C=O) groups is 1. The minimum Gasteiger partial charge on any atom is -0.481 e. The summed E-state index contributed by atoms with van der Waals surface area (Å²) in [6.07, 6.45) is 5.25. The molecular formula is C17H23N7O2. The molecule has 1 N–H and O–H groups in total. The fourth-order valence-corrected chi connectivity index (χ4v) is 2.86. The van der Waals surface area contributed by atoms with Gasteiger partial charge in [-0.1, -0.05) is 0 Å². The number of hydrogen-bond donors (Lipinski definition) is 1. The average Bonchev–Trinajstić information content (AvgIpc) is 3.08. The van der Waals surface area contributed by atoms with Crippen LogP contribution in [-0.2, 0) is 18.4 Å². The summed E-state index contributed by atoms with van der Waals surface area (Å²) in [5, 5.41) is 7.42. The van der Waals surface area contributed by atoms with Crippen molar-refractivity contribution in [2.24, 2.45) is 12.0 Å². The van der Waals surface area contributed by atoms with Gasteiger partial charge < -0.3 is 19.9 Å². The van der Waals surface area contributed by atoms with Gasteiger partial charge in [-0.05, 0) is 11.6 Å². The molecule has 9 heteroatoms. The van der Waals surface area contributed by atoms with Gasteiger partial charge in [0.2, 0.25) is 11.8 Å². The van der Waals surface area contributed by atoms with E-state index in [9.17, 15) is 4.79 Å². The molecule has 1 saturated heterocycles. The smallest absolute Gasteiger partial charge is 0.246 e. The number of pyridine rings is 1. The van der Waals surface area contributed by atoms with Crippen molar-refractivity contribution in [3.63, 3.8) is 0 Å². The van der Waals surface area contributed by atoms with Crippen molar-refractivity contribution >= 4 is 17.6 Å². The van der Waals surface area contributed by atoms with E-state index >= 15 is 0 Å². The number of methoxy groups -OCH3 is 1. The highest BCUT2D eigenvalue weighted by atomic mass is 16.5. The summed E-state index contributed by atoms with van der Waals surface area (Å²) in [6.45, 7) is 2.13. The van der Waals surface area contributed by atoms with E-state index in [4.69, 9.17) is 4.74 Å². The first kappa shape index (κ1) is 17.7. The second-order valence-electron chi connectivity index (χ2n) is 5.95. The normalized spacial score (nSPS) is 15.3. The molecule has 1 fully saturated rings. The topological polar surface area (TPSA) is 87.9 Å². The third kappa shape index (κ3) is 3.93. The number of guanidine groups is 1. The Labute approximate surface area is 152 Å². The number of aryl methyl sites for hydroxylation is 1. The predicted octanol–water partition coefficient (Wildman–Crippen LogP) is 0.248. The Kier molecular flexibility index (Phi) is 5.35. The van der Waals surface area contributed by atoms with Crippen LogP contribution in [0, 0.1) is 0 Å². The Morgan fingerprint density at radius 1 is 1.42 bits per heavy atom. The first-order chi connectivity index (χ1) is 12.6. The van der Waals surface area contributed by atoms with Crippen LogP contribution in [0.4, 0.5) is 5.69 Å². The van der Waals surface area contributed by atoms with Crippen LogP contribution in [0.1, 0.15) is 5.56 Å². The highest BCUT2D eigenvalue weighted by molar-refractivity contribution is 5.98. The number of ether oxygens (including phenoxy) is 1. The third-order valence-corrected chi connectivity index (χ3v) is 4.19. The lowest BCUT2D eigenvalue weighted by atomic mass is 10.2. The molecular weight excluding hydrogens is 334 g/mol. The number of nitrogens with one attached hydrogen (secondary N) is 1. The van der Waals surface area contributed by atoms with Gasteiger partial charge in [0.15, 0.2) is 5.96 Å². The quantitative estimate of drug-likeness (QED) is 0.623. The Morgan fingerprint density at radius 2 is 2.27 bits per heavy atom. The van der Waals surface area contributed by atoms with Crippen molar-refractivity contribution in [1.29, 1.82) is 0 Å². The molecule has 138 valence electrons. The first-order valence-electron chi connectivity index (χ1n) is 8.34. The molecule has 0 spiro atoms. The highest BCUT2D eigenvalue weighted by Gasteiger charge is 2.27. The van der Waals surface area contributed by atoms with E-state index in [0.717, 1.165) is 11.3 Å². The van der Waals surface area contributed by atoms with Crippen molar-refractivity contribution in [3.8, 4) is 5.88 Å². The monoisotopic (exact) mass is 357 g/mol. The number of anilines is 1. The van der Waals surface area contributed by atoms with Gasteiger partial charge in [-0.3, -0.25) is 14.5 Å². The maximum atomic E-state index is 12.5. The van der Waals surface area contributed by atoms with Crippen molar-refractivity contribution in [3.05, 3.63) is 36.3 Å². The molecule has 0 unspecified atom stereocenters. The summed E-state index contributed by atoms with van der Waals surface area (Å²) >= 11 is 0. The molecule has 3 heterocycles. The van der Waals surface area contributed by atoms with Crippen LogP contribution in [0.2, 0.25) is 0 Å². The lowest BCUT2D eigenvalue weighted by Gasteiger charge is -2.35. The molecule has 0 radical (unpaired) electrons. The number of nitrogens with zero attached hydrogens (tertiary/aromatic N) is 6. The van der Waals surface area contributed by atoms with Gasteiger partial charge in [0.1, 0.15) is 6.54 Å². The zero-order chi connectivity index (χ0) is 18.5. The first-order valence-corrected chi connectivity index (χ1v) is 8.34. The molecule has 0 saturated carbocycles. The van der Waals surface area contributed by atoms with Crippen molar-refractivity contribution in [1.82, 2.24) is 25.0 Å². The van der Waals surface area contributed by atoms with Gasteiger partial charge in [0, 0.05) is 52.2 Å². The molecule has 9 nitrogen and oxygen atoms in total. The van der Waals surface area contributed by atoms with E-state index in [-0.39, 0.29) is 12.5 Å². The molecule has 0 aromatic carbocycles. The van der Waals surface area contributed by atoms with Crippen molar-refractivity contribution in [2.75, 3.05) is 38.7 Å². The molecule has 1 aliphatic rings. The molecule has 0 bridgehead atoms. The third-order valence-electron chi connectivity index (χ3n) is 4.19.